The average molecular weight is 336 g/mol. The van der Waals surface area contributed by atoms with E-state index >= 15 is 0 Å². The van der Waals surface area contributed by atoms with Crippen LogP contribution in [0.25, 0.3) is 0 Å². The summed E-state index contributed by atoms with van der Waals surface area (Å²) in [6, 6.07) is 0.588. The molecule has 110 valence electrons. The fourth-order valence-electron chi connectivity index (χ4n) is 1.74. The third kappa shape index (κ3) is 2.68. The second-order valence-electron chi connectivity index (χ2n) is 4.08. The molecule has 0 saturated heterocycles. The lowest BCUT2D eigenvalue weighted by Crippen LogP contribution is -2.45. The normalized spacial score (nSPS) is 18.6. The van der Waals surface area contributed by atoms with Crippen molar-refractivity contribution >= 4 is 45.0 Å². The number of thioether (sulfide) groups is 1. The molecule has 0 spiro atoms. The van der Waals surface area contributed by atoms with Crippen molar-refractivity contribution in [3.63, 3.8) is 0 Å². The van der Waals surface area contributed by atoms with E-state index in [9.17, 15) is 18.0 Å². The van der Waals surface area contributed by atoms with Gasteiger partial charge in [-0.1, -0.05) is 0 Å². The molecule has 0 fully saturated rings. The number of amides is 1. The van der Waals surface area contributed by atoms with Gasteiger partial charge in [0.2, 0.25) is 10.0 Å². The van der Waals surface area contributed by atoms with Gasteiger partial charge in [0.25, 0.3) is 0 Å². The summed E-state index contributed by atoms with van der Waals surface area (Å²) in [6.07, 6.45) is -0.616. The van der Waals surface area contributed by atoms with Crippen molar-refractivity contribution in [2.24, 2.45) is 5.14 Å². The van der Waals surface area contributed by atoms with E-state index in [1.807, 2.05) is 0 Å². The van der Waals surface area contributed by atoms with Crippen LogP contribution < -0.4 is 5.14 Å². The van der Waals surface area contributed by atoms with Crippen LogP contribution in [0, 0.1) is 0 Å². The number of hydrogen-bond donors (Lipinski definition) is 1. The van der Waals surface area contributed by atoms with E-state index in [0.717, 1.165) is 11.3 Å². The first-order valence-electron chi connectivity index (χ1n) is 5.40. The summed E-state index contributed by atoms with van der Waals surface area (Å²) in [5, 5.41) is 5.06. The first-order chi connectivity index (χ1) is 9.25. The molecule has 2 heterocycles. The number of methoxy groups -OCH3 is 1. The highest BCUT2D eigenvalue weighted by Gasteiger charge is 2.36. The number of primary sulfonamides is 1. The molecule has 0 aromatic carbocycles. The number of likely N-dealkylation sites (N-methyl/N-ethyl adjacent to an activating group) is 1. The Labute approximate surface area is 124 Å². The van der Waals surface area contributed by atoms with Gasteiger partial charge in [0.05, 0.1) is 11.3 Å². The summed E-state index contributed by atoms with van der Waals surface area (Å²) in [5.41, 5.74) is 0.288. The van der Waals surface area contributed by atoms with Gasteiger partial charge in [-0.3, -0.25) is 4.79 Å². The van der Waals surface area contributed by atoms with Crippen LogP contribution in [-0.2, 0) is 14.8 Å². The predicted octanol–water partition coefficient (Wildman–Crippen LogP) is 0.751. The molecule has 1 aliphatic rings. The topological polar surface area (TPSA) is 107 Å². The molecule has 1 amide bonds. The number of fused-ring (bicyclic) bond motifs is 1. The molecule has 0 bridgehead atoms. The van der Waals surface area contributed by atoms with E-state index in [2.05, 4.69) is 4.74 Å². The largest absolute Gasteiger partial charge is 0.453 e. The van der Waals surface area contributed by atoms with Crippen LogP contribution in [0.4, 0.5) is 4.79 Å². The second kappa shape index (κ2) is 5.35. The molecule has 10 heteroatoms. The van der Waals surface area contributed by atoms with Gasteiger partial charge in [0, 0.05) is 18.4 Å². The molecule has 1 aliphatic heterocycles. The summed E-state index contributed by atoms with van der Waals surface area (Å²) >= 11 is 2.29. The van der Waals surface area contributed by atoms with E-state index in [0.29, 0.717) is 9.96 Å². The Morgan fingerprint density at radius 1 is 1.55 bits per heavy atom. The van der Waals surface area contributed by atoms with Crippen LogP contribution in [-0.4, -0.2) is 51.1 Å². The number of sulfonamides is 1. The van der Waals surface area contributed by atoms with E-state index in [-0.39, 0.29) is 15.6 Å². The van der Waals surface area contributed by atoms with Crippen LogP contribution in [0.1, 0.15) is 10.4 Å². The molecule has 0 aliphatic carbocycles. The van der Waals surface area contributed by atoms with Crippen molar-refractivity contribution in [3.05, 3.63) is 11.6 Å². The molecule has 1 atom stereocenters. The van der Waals surface area contributed by atoms with Crippen molar-refractivity contribution in [2.75, 3.05) is 19.9 Å². The predicted molar refractivity (Wildman–Crippen MR) is 74.7 cm³/mol. The summed E-state index contributed by atoms with van der Waals surface area (Å²) in [6.45, 7) is 0. The lowest BCUT2D eigenvalue weighted by atomic mass is 10.1. The minimum atomic E-state index is -3.83. The Kier molecular flexibility index (Phi) is 4.09. The zero-order chi connectivity index (χ0) is 15.1. The van der Waals surface area contributed by atoms with Crippen molar-refractivity contribution in [3.8, 4) is 0 Å². The van der Waals surface area contributed by atoms with Crippen LogP contribution in [0.5, 0.6) is 0 Å². The molecule has 7 nitrogen and oxygen atoms in total. The van der Waals surface area contributed by atoms with Crippen LogP contribution in [0.2, 0.25) is 0 Å². The van der Waals surface area contributed by atoms with Gasteiger partial charge in [-0.25, -0.2) is 18.4 Å². The first-order valence-corrected chi connectivity index (χ1v) is 8.75. The monoisotopic (exact) mass is 336 g/mol. The maximum absolute atomic E-state index is 12.3. The van der Waals surface area contributed by atoms with Gasteiger partial charge < -0.3 is 9.64 Å². The quantitative estimate of drug-likeness (QED) is 0.854. The highest BCUT2D eigenvalue weighted by Crippen LogP contribution is 2.39. The smallest absolute Gasteiger partial charge is 0.409 e. The van der Waals surface area contributed by atoms with Crippen LogP contribution >= 0.6 is 23.1 Å². The minimum Gasteiger partial charge on any atom is -0.453 e. The fraction of sp³-hybridized carbons (Fsp3) is 0.400. The first kappa shape index (κ1) is 15.3. The Hall–Kier alpha value is -1.10. The maximum Gasteiger partial charge on any atom is 0.409 e. The number of ether oxygens (including phenoxy) is 1. The summed E-state index contributed by atoms with van der Waals surface area (Å²) in [7, 11) is -1.14. The molecule has 2 N–H and O–H groups in total. The number of carbonyl (C=O) groups is 2. The number of Topliss-reactive ketones (excluding diaryl/α,β-unsaturated/α-hetero) is 1. The van der Waals surface area contributed by atoms with Crippen molar-refractivity contribution < 1.29 is 22.7 Å². The molecule has 1 aromatic rings. The molecular weight excluding hydrogens is 324 g/mol. The lowest BCUT2D eigenvalue weighted by molar-refractivity contribution is 0.0814. The molecule has 1 unspecified atom stereocenters. The standard InChI is InChI=1S/C10H12N2O5S3/c1-12(10(14)17-2)6-4-18-9-5(8(6)13)3-7(19-9)20(11,15)16/h3,6H,4H2,1-2H3,(H2,11,15,16). The van der Waals surface area contributed by atoms with Gasteiger partial charge in [-0.2, -0.15) is 0 Å². The number of rotatable bonds is 2. The number of nitrogens with zero attached hydrogens (tertiary/aromatic N) is 1. The fourth-order valence-corrected chi connectivity index (χ4v) is 5.23. The van der Waals surface area contributed by atoms with E-state index in [1.54, 1.807) is 0 Å². The molecule has 20 heavy (non-hydrogen) atoms. The molecular formula is C10H12N2O5S3. The number of hydrogen-bond acceptors (Lipinski definition) is 7. The van der Waals surface area contributed by atoms with Gasteiger partial charge >= 0.3 is 6.09 Å². The Morgan fingerprint density at radius 3 is 2.75 bits per heavy atom. The Bertz CT molecular complexity index is 666. The zero-order valence-corrected chi connectivity index (χ0v) is 13.1. The third-order valence-corrected chi connectivity index (χ3v) is 6.74. The summed E-state index contributed by atoms with van der Waals surface area (Å²) in [5.74, 6) is 0.0416. The zero-order valence-electron chi connectivity index (χ0n) is 10.7. The van der Waals surface area contributed by atoms with Crippen molar-refractivity contribution in [1.82, 2.24) is 4.90 Å². The highest BCUT2D eigenvalue weighted by molar-refractivity contribution is 8.01. The van der Waals surface area contributed by atoms with E-state index in [4.69, 9.17) is 5.14 Å². The maximum atomic E-state index is 12.3. The van der Waals surface area contributed by atoms with Gasteiger partial charge in [-0.05, 0) is 6.07 Å². The van der Waals surface area contributed by atoms with Gasteiger partial charge in [-0.15, -0.1) is 23.1 Å². The number of carbonyl (C=O) groups excluding carboxylic acids is 2. The minimum absolute atomic E-state index is 0.0512. The Morgan fingerprint density at radius 2 is 2.20 bits per heavy atom. The molecule has 1 aromatic heterocycles. The summed E-state index contributed by atoms with van der Waals surface area (Å²) < 4.78 is 27.7. The van der Waals surface area contributed by atoms with E-state index < -0.39 is 22.2 Å². The second-order valence-corrected chi connectivity index (χ2v) is 8.21. The van der Waals surface area contributed by atoms with Gasteiger partial charge in [0.15, 0.2) is 5.78 Å². The van der Waals surface area contributed by atoms with Crippen LogP contribution in [0.3, 0.4) is 0 Å². The number of thiophene rings is 1. The van der Waals surface area contributed by atoms with Gasteiger partial charge in [0.1, 0.15) is 10.3 Å². The average Bonchev–Trinajstić information content (AvgIpc) is 2.82. The lowest BCUT2D eigenvalue weighted by Gasteiger charge is -2.28. The molecule has 0 radical (unpaired) electrons. The Balaban J connectivity index is 2.35. The number of ketones is 1. The van der Waals surface area contributed by atoms with Crippen molar-refractivity contribution in [2.45, 2.75) is 14.5 Å². The van der Waals surface area contributed by atoms with E-state index in [1.165, 1.54) is 36.9 Å². The molecule has 2 rings (SSSR count). The highest BCUT2D eigenvalue weighted by atomic mass is 32.3. The number of nitrogens with two attached hydrogens (primary N) is 1. The van der Waals surface area contributed by atoms with Crippen LogP contribution in [0.15, 0.2) is 14.5 Å². The third-order valence-electron chi connectivity index (χ3n) is 2.83. The molecule has 0 saturated carbocycles. The SMILES string of the molecule is COC(=O)N(C)C1CSc2sc(S(N)(=O)=O)cc2C1=O. The summed E-state index contributed by atoms with van der Waals surface area (Å²) in [4.78, 5) is 25.0. The van der Waals surface area contributed by atoms with Crippen molar-refractivity contribution in [1.29, 1.82) is 0 Å².